The van der Waals surface area contributed by atoms with Crippen LogP contribution in [0, 0.1) is 0 Å². The maximum atomic E-state index is 11.8. The summed E-state index contributed by atoms with van der Waals surface area (Å²) in [7, 11) is -3.28. The van der Waals surface area contributed by atoms with E-state index in [-0.39, 0.29) is 18.8 Å². The Labute approximate surface area is 113 Å². The van der Waals surface area contributed by atoms with Gasteiger partial charge in [0.15, 0.2) is 9.84 Å². The van der Waals surface area contributed by atoms with E-state index < -0.39 is 9.84 Å². The average Bonchev–Trinajstić information content (AvgIpc) is 2.38. The van der Waals surface area contributed by atoms with Gasteiger partial charge in [0.05, 0.1) is 29.9 Å². The first-order valence-electron chi connectivity index (χ1n) is 6.21. The quantitative estimate of drug-likeness (QED) is 0.884. The summed E-state index contributed by atoms with van der Waals surface area (Å²) in [6.07, 6.45) is 0.935. The minimum atomic E-state index is -3.28. The molecule has 1 heterocycles. The van der Waals surface area contributed by atoms with E-state index in [0.717, 1.165) is 0 Å². The number of hydrogen-bond donors (Lipinski definition) is 1. The molecule has 5 nitrogen and oxygen atoms in total. The van der Waals surface area contributed by atoms with Crippen LogP contribution in [-0.4, -0.2) is 51.7 Å². The lowest BCUT2D eigenvalue weighted by molar-refractivity contribution is -0.0104. The van der Waals surface area contributed by atoms with Crippen molar-refractivity contribution in [2.75, 3.05) is 30.9 Å². The highest BCUT2D eigenvalue weighted by Gasteiger charge is 2.28. The van der Waals surface area contributed by atoms with Gasteiger partial charge in [0, 0.05) is 18.8 Å². The first-order valence-corrected chi connectivity index (χ1v) is 8.11. The summed E-state index contributed by atoms with van der Waals surface area (Å²) in [5, 5.41) is 9.20. The van der Waals surface area contributed by atoms with Crippen molar-refractivity contribution in [2.24, 2.45) is 0 Å². The van der Waals surface area contributed by atoms with Crippen LogP contribution in [0.15, 0.2) is 29.2 Å². The van der Waals surface area contributed by atoms with Gasteiger partial charge in [-0.3, -0.25) is 0 Å². The predicted molar refractivity (Wildman–Crippen MR) is 73.2 cm³/mol. The maximum Gasteiger partial charge on any atom is 0.177 e. The van der Waals surface area contributed by atoms with Crippen molar-refractivity contribution < 1.29 is 18.3 Å². The second-order valence-electron chi connectivity index (χ2n) is 4.88. The summed E-state index contributed by atoms with van der Waals surface area (Å²) >= 11 is 0. The van der Waals surface area contributed by atoms with Crippen LogP contribution >= 0.6 is 0 Å². The number of aliphatic hydroxyl groups is 1. The van der Waals surface area contributed by atoms with E-state index in [4.69, 9.17) is 4.74 Å². The molecule has 1 aliphatic rings. The molecule has 0 aliphatic carbocycles. The molecule has 2 unspecified atom stereocenters. The molecule has 6 heteroatoms. The molecule has 0 saturated carbocycles. The molecule has 0 spiro atoms. The zero-order chi connectivity index (χ0) is 14.0. The minimum Gasteiger partial charge on any atom is -0.394 e. The zero-order valence-electron chi connectivity index (χ0n) is 11.1. The molecular weight excluding hydrogens is 266 g/mol. The van der Waals surface area contributed by atoms with Crippen LogP contribution in [0.5, 0.6) is 0 Å². The fourth-order valence-electron chi connectivity index (χ4n) is 2.27. The van der Waals surface area contributed by atoms with Crippen molar-refractivity contribution in [3.05, 3.63) is 24.3 Å². The lowest BCUT2D eigenvalue weighted by atomic mass is 10.1. The fraction of sp³-hybridized carbons (Fsp3) is 0.538. The lowest BCUT2D eigenvalue weighted by Gasteiger charge is -2.39. The highest BCUT2D eigenvalue weighted by molar-refractivity contribution is 7.90. The summed E-state index contributed by atoms with van der Waals surface area (Å²) < 4.78 is 29.2. The number of anilines is 1. The Morgan fingerprint density at radius 2 is 2.11 bits per heavy atom. The van der Waals surface area contributed by atoms with Gasteiger partial charge in [-0.1, -0.05) is 12.1 Å². The van der Waals surface area contributed by atoms with Crippen molar-refractivity contribution in [3.63, 3.8) is 0 Å². The van der Waals surface area contributed by atoms with Crippen molar-refractivity contribution >= 4 is 15.5 Å². The first kappa shape index (κ1) is 14.3. The summed E-state index contributed by atoms with van der Waals surface area (Å²) in [6, 6.07) is 7.02. The Bertz CT molecular complexity index is 543. The Morgan fingerprint density at radius 1 is 1.42 bits per heavy atom. The van der Waals surface area contributed by atoms with E-state index in [2.05, 4.69) is 0 Å². The molecule has 1 aliphatic heterocycles. The maximum absolute atomic E-state index is 11.8. The number of sulfone groups is 1. The second-order valence-corrected chi connectivity index (χ2v) is 6.86. The SMILES string of the molecule is CC1COC(CO)CN1c1ccccc1S(C)(=O)=O. The average molecular weight is 285 g/mol. The molecule has 106 valence electrons. The Kier molecular flexibility index (Phi) is 4.13. The summed E-state index contributed by atoms with van der Waals surface area (Å²) in [5.74, 6) is 0. The van der Waals surface area contributed by atoms with Gasteiger partial charge in [-0.15, -0.1) is 0 Å². The van der Waals surface area contributed by atoms with Crippen LogP contribution in [0.4, 0.5) is 5.69 Å². The molecule has 1 N–H and O–H groups in total. The van der Waals surface area contributed by atoms with E-state index in [0.29, 0.717) is 23.7 Å². The number of nitrogens with zero attached hydrogens (tertiary/aromatic N) is 1. The van der Waals surface area contributed by atoms with E-state index in [1.165, 1.54) is 6.26 Å². The van der Waals surface area contributed by atoms with Crippen molar-refractivity contribution in [1.29, 1.82) is 0 Å². The van der Waals surface area contributed by atoms with Crippen LogP contribution in [-0.2, 0) is 14.6 Å². The number of morpholine rings is 1. The molecule has 2 rings (SSSR count). The molecule has 0 radical (unpaired) electrons. The third-order valence-corrected chi connectivity index (χ3v) is 4.43. The monoisotopic (exact) mass is 285 g/mol. The number of para-hydroxylation sites is 1. The van der Waals surface area contributed by atoms with Crippen molar-refractivity contribution in [3.8, 4) is 0 Å². The van der Waals surface area contributed by atoms with Gasteiger partial charge in [-0.05, 0) is 19.1 Å². The smallest absolute Gasteiger partial charge is 0.177 e. The van der Waals surface area contributed by atoms with Crippen LogP contribution in [0.3, 0.4) is 0 Å². The third-order valence-electron chi connectivity index (χ3n) is 3.28. The van der Waals surface area contributed by atoms with E-state index >= 15 is 0 Å². The zero-order valence-corrected chi connectivity index (χ0v) is 11.9. The minimum absolute atomic E-state index is 0.0652. The Morgan fingerprint density at radius 3 is 2.74 bits per heavy atom. The van der Waals surface area contributed by atoms with Gasteiger partial charge in [-0.25, -0.2) is 8.42 Å². The highest BCUT2D eigenvalue weighted by atomic mass is 32.2. The molecular formula is C13H19NO4S. The van der Waals surface area contributed by atoms with Crippen LogP contribution < -0.4 is 4.90 Å². The number of aliphatic hydroxyl groups excluding tert-OH is 1. The largest absolute Gasteiger partial charge is 0.394 e. The number of ether oxygens (including phenoxy) is 1. The van der Waals surface area contributed by atoms with Crippen molar-refractivity contribution in [2.45, 2.75) is 24.0 Å². The highest BCUT2D eigenvalue weighted by Crippen LogP contribution is 2.28. The summed E-state index contributed by atoms with van der Waals surface area (Å²) in [6.45, 7) is 2.88. The van der Waals surface area contributed by atoms with Gasteiger partial charge in [0.1, 0.15) is 0 Å². The molecule has 0 aromatic heterocycles. The Hall–Kier alpha value is -1.11. The van der Waals surface area contributed by atoms with Gasteiger partial charge >= 0.3 is 0 Å². The number of hydrogen-bond acceptors (Lipinski definition) is 5. The first-order chi connectivity index (χ1) is 8.93. The Balaban J connectivity index is 2.40. The molecule has 1 aromatic rings. The van der Waals surface area contributed by atoms with E-state index in [9.17, 15) is 13.5 Å². The predicted octanol–water partition coefficient (Wildman–Crippen LogP) is 0.676. The van der Waals surface area contributed by atoms with Gasteiger partial charge < -0.3 is 14.7 Å². The van der Waals surface area contributed by atoms with Gasteiger partial charge in [-0.2, -0.15) is 0 Å². The van der Waals surface area contributed by atoms with Gasteiger partial charge in [0.2, 0.25) is 0 Å². The number of benzene rings is 1. The number of rotatable bonds is 3. The topological polar surface area (TPSA) is 66.8 Å². The van der Waals surface area contributed by atoms with E-state index in [1.54, 1.807) is 18.2 Å². The fourth-order valence-corrected chi connectivity index (χ4v) is 3.16. The van der Waals surface area contributed by atoms with Gasteiger partial charge in [0.25, 0.3) is 0 Å². The standard InChI is InChI=1S/C13H19NO4S/c1-10-9-18-11(8-15)7-14(10)12-5-3-4-6-13(12)19(2,16)17/h3-6,10-11,15H,7-9H2,1-2H3. The lowest BCUT2D eigenvalue weighted by Crippen LogP contribution is -2.50. The van der Waals surface area contributed by atoms with E-state index in [1.807, 2.05) is 17.9 Å². The van der Waals surface area contributed by atoms with Crippen molar-refractivity contribution in [1.82, 2.24) is 0 Å². The third kappa shape index (κ3) is 3.08. The molecule has 2 atom stereocenters. The normalized spacial score (nSPS) is 24.5. The second kappa shape index (κ2) is 5.48. The molecule has 19 heavy (non-hydrogen) atoms. The summed E-state index contributed by atoms with van der Waals surface area (Å²) in [5.41, 5.74) is 0.680. The molecule has 1 aromatic carbocycles. The molecule has 1 fully saturated rings. The van der Waals surface area contributed by atoms with Crippen LogP contribution in [0.1, 0.15) is 6.92 Å². The van der Waals surface area contributed by atoms with Crippen LogP contribution in [0.2, 0.25) is 0 Å². The molecule has 1 saturated heterocycles. The summed E-state index contributed by atoms with van der Waals surface area (Å²) in [4.78, 5) is 2.31. The molecule has 0 amide bonds. The molecule has 0 bridgehead atoms. The van der Waals surface area contributed by atoms with Crippen LogP contribution in [0.25, 0.3) is 0 Å².